The summed E-state index contributed by atoms with van der Waals surface area (Å²) in [5.74, 6) is 0. The van der Waals surface area contributed by atoms with Crippen molar-refractivity contribution in [2.75, 3.05) is 21.1 Å². The third-order valence-corrected chi connectivity index (χ3v) is 2.45. The van der Waals surface area contributed by atoms with E-state index in [1.54, 1.807) is 12.1 Å². The van der Waals surface area contributed by atoms with Gasteiger partial charge >= 0.3 is 23.9 Å². The Labute approximate surface area is 116 Å². The Morgan fingerprint density at radius 3 is 1.57 bits per heavy atom. The van der Waals surface area contributed by atoms with E-state index in [4.69, 9.17) is 34.8 Å². The second-order valence-corrected chi connectivity index (χ2v) is 4.98. The fourth-order valence-electron chi connectivity index (χ4n) is 1.18. The molecule has 0 fully saturated rings. The summed E-state index contributed by atoms with van der Waals surface area (Å²) in [6, 6.07) is 3.40. The quantitative estimate of drug-likeness (QED) is 0.532. The standard InChI is InChI=1S/C9H11Cl3N.Sn.4H/c1-13(2,3)9-7(11)4-6(10)5-8(9)12;;;;;/h4-5H,1-3H3;;;;;/q+1;;;;;. The van der Waals surface area contributed by atoms with Crippen LogP contribution >= 0.6 is 34.8 Å². The summed E-state index contributed by atoms with van der Waals surface area (Å²) in [7, 11) is 6.00. The summed E-state index contributed by atoms with van der Waals surface area (Å²) in [6.07, 6.45) is 0. The molecule has 0 aromatic heterocycles. The first kappa shape index (κ1) is 14.8. The van der Waals surface area contributed by atoms with Crippen LogP contribution in [0.1, 0.15) is 0 Å². The Kier molecular flexibility index (Phi) is 5.58. The van der Waals surface area contributed by atoms with Gasteiger partial charge < -0.3 is 0 Å². The van der Waals surface area contributed by atoms with Crippen LogP contribution in [-0.2, 0) is 0 Å². The van der Waals surface area contributed by atoms with E-state index in [1.807, 2.05) is 21.1 Å². The van der Waals surface area contributed by atoms with Gasteiger partial charge in [-0.2, -0.15) is 0 Å². The Morgan fingerprint density at radius 1 is 0.929 bits per heavy atom. The van der Waals surface area contributed by atoms with E-state index in [1.165, 1.54) is 0 Å². The minimum absolute atomic E-state index is 0. The normalized spacial score (nSPS) is 11.0. The molecule has 1 rings (SSSR count). The van der Waals surface area contributed by atoms with Crippen LogP contribution in [0.4, 0.5) is 5.69 Å². The first-order chi connectivity index (χ1) is 5.82. The van der Waals surface area contributed by atoms with Gasteiger partial charge in [0.05, 0.1) is 21.1 Å². The van der Waals surface area contributed by atoms with Crippen LogP contribution in [-0.4, -0.2) is 45.1 Å². The summed E-state index contributed by atoms with van der Waals surface area (Å²) in [6.45, 7) is 0. The maximum atomic E-state index is 6.03. The van der Waals surface area contributed by atoms with Crippen LogP contribution in [0, 0.1) is 0 Å². The zero-order valence-corrected chi connectivity index (χ0v) is 10.0. The number of quaternary nitrogens is 1. The number of nitrogens with zero attached hydrogens (tertiary/aromatic N) is 1. The van der Waals surface area contributed by atoms with Crippen molar-refractivity contribution < 1.29 is 0 Å². The molecule has 0 saturated carbocycles. The van der Waals surface area contributed by atoms with Gasteiger partial charge in [0.15, 0.2) is 5.69 Å². The van der Waals surface area contributed by atoms with Crippen LogP contribution in [0.5, 0.6) is 0 Å². The average Bonchev–Trinajstić information content (AvgIpc) is 1.78. The zero-order valence-electron chi connectivity index (χ0n) is 7.74. The Hall–Kier alpha value is 0.849. The Bertz CT molecular complexity index is 310. The Balaban J connectivity index is 0.00000169. The predicted molar refractivity (Wildman–Crippen MR) is 72.4 cm³/mol. The van der Waals surface area contributed by atoms with E-state index in [2.05, 4.69) is 0 Å². The van der Waals surface area contributed by atoms with E-state index < -0.39 is 0 Å². The van der Waals surface area contributed by atoms with Gasteiger partial charge in [0.25, 0.3) is 0 Å². The van der Waals surface area contributed by atoms with Crippen molar-refractivity contribution in [1.82, 2.24) is 4.48 Å². The molecular weight excluding hydrogens is 347 g/mol. The summed E-state index contributed by atoms with van der Waals surface area (Å²) < 4.78 is 0.578. The molecular formula is C9H15Cl3NSn+. The molecule has 0 aliphatic heterocycles. The average molecular weight is 362 g/mol. The third-order valence-electron chi connectivity index (χ3n) is 1.65. The van der Waals surface area contributed by atoms with Gasteiger partial charge in [0.1, 0.15) is 10.0 Å². The SMILES string of the molecule is C[N+](C)(C)c1c(Cl)cc(Cl)cc1Cl.[SnH4]. The van der Waals surface area contributed by atoms with Crippen molar-refractivity contribution in [3.63, 3.8) is 0 Å². The molecule has 0 aliphatic rings. The summed E-state index contributed by atoms with van der Waals surface area (Å²) in [5.41, 5.74) is 0.882. The maximum absolute atomic E-state index is 6.03. The molecule has 0 spiro atoms. The summed E-state index contributed by atoms with van der Waals surface area (Å²) >= 11 is 17.9. The third kappa shape index (κ3) is 3.46. The molecule has 1 nitrogen and oxygen atoms in total. The molecule has 0 N–H and O–H groups in total. The van der Waals surface area contributed by atoms with E-state index in [9.17, 15) is 0 Å². The minimum atomic E-state index is 0. The van der Waals surface area contributed by atoms with Crippen LogP contribution in [0.15, 0.2) is 12.1 Å². The van der Waals surface area contributed by atoms with Crippen molar-refractivity contribution >= 4 is 64.4 Å². The van der Waals surface area contributed by atoms with Crippen molar-refractivity contribution in [2.24, 2.45) is 0 Å². The predicted octanol–water partition coefficient (Wildman–Crippen LogP) is 2.39. The fraction of sp³-hybridized carbons (Fsp3) is 0.333. The van der Waals surface area contributed by atoms with Crippen molar-refractivity contribution in [3.05, 3.63) is 27.2 Å². The number of halogens is 3. The number of benzene rings is 1. The van der Waals surface area contributed by atoms with E-state index in [0.717, 1.165) is 5.69 Å². The first-order valence-electron chi connectivity index (χ1n) is 3.79. The topological polar surface area (TPSA) is 0 Å². The molecule has 0 atom stereocenters. The second kappa shape index (κ2) is 5.26. The van der Waals surface area contributed by atoms with Gasteiger partial charge in [0, 0.05) is 5.02 Å². The summed E-state index contributed by atoms with van der Waals surface area (Å²) in [4.78, 5) is 0. The van der Waals surface area contributed by atoms with Crippen LogP contribution in [0.25, 0.3) is 0 Å². The fourth-order valence-corrected chi connectivity index (χ4v) is 2.50. The van der Waals surface area contributed by atoms with Crippen molar-refractivity contribution in [1.29, 1.82) is 0 Å². The molecule has 0 saturated heterocycles. The molecule has 1 aromatic rings. The molecule has 0 amide bonds. The Morgan fingerprint density at radius 2 is 1.29 bits per heavy atom. The van der Waals surface area contributed by atoms with Crippen LogP contribution in [0.3, 0.4) is 0 Å². The van der Waals surface area contributed by atoms with Crippen LogP contribution in [0.2, 0.25) is 15.1 Å². The molecule has 0 aliphatic carbocycles. The van der Waals surface area contributed by atoms with Gasteiger partial charge in [-0.1, -0.05) is 34.8 Å². The van der Waals surface area contributed by atoms with E-state index in [0.29, 0.717) is 19.6 Å². The summed E-state index contributed by atoms with van der Waals surface area (Å²) in [5, 5.41) is 1.77. The monoisotopic (exact) mass is 362 g/mol. The molecule has 5 heteroatoms. The van der Waals surface area contributed by atoms with Gasteiger partial charge in [-0.3, -0.25) is 4.48 Å². The van der Waals surface area contributed by atoms with Gasteiger partial charge in [-0.15, -0.1) is 0 Å². The van der Waals surface area contributed by atoms with Crippen molar-refractivity contribution in [3.8, 4) is 0 Å². The molecule has 0 bridgehead atoms. The van der Waals surface area contributed by atoms with Gasteiger partial charge in [-0.25, -0.2) is 0 Å². The van der Waals surface area contributed by atoms with Gasteiger partial charge in [0.2, 0.25) is 0 Å². The first-order valence-corrected chi connectivity index (χ1v) is 4.92. The van der Waals surface area contributed by atoms with Crippen LogP contribution < -0.4 is 4.48 Å². The molecule has 80 valence electrons. The van der Waals surface area contributed by atoms with E-state index >= 15 is 0 Å². The van der Waals surface area contributed by atoms with Gasteiger partial charge in [-0.05, 0) is 12.1 Å². The molecule has 14 heavy (non-hydrogen) atoms. The number of rotatable bonds is 1. The zero-order chi connectivity index (χ0) is 10.2. The number of hydrogen-bond acceptors (Lipinski definition) is 0. The van der Waals surface area contributed by atoms with E-state index in [-0.39, 0.29) is 23.9 Å². The molecule has 1 aromatic carbocycles. The number of hydrogen-bond donors (Lipinski definition) is 0. The van der Waals surface area contributed by atoms with Crippen molar-refractivity contribution in [2.45, 2.75) is 0 Å². The molecule has 0 unspecified atom stereocenters. The second-order valence-electron chi connectivity index (χ2n) is 3.73. The molecule has 0 heterocycles. The molecule has 0 radical (unpaired) electrons.